The zero-order valence-corrected chi connectivity index (χ0v) is 10.6. The highest BCUT2D eigenvalue weighted by atomic mass is 16.3. The van der Waals surface area contributed by atoms with Gasteiger partial charge in [0, 0.05) is 11.9 Å². The standard InChI is InChI=1S/C14H16N2O3/c1-2-10(17)8-15-14(19)12-7-9-5-3-4-6-11(9)13(18)16-12/h3-7,10,17H,2,8H2,1H3,(H,15,19)(H,16,18). The van der Waals surface area contributed by atoms with E-state index in [1.54, 1.807) is 24.3 Å². The number of carbonyl (C=O) groups excluding carboxylic acids is 1. The molecule has 1 atom stereocenters. The molecule has 2 aromatic rings. The van der Waals surface area contributed by atoms with E-state index >= 15 is 0 Å². The van der Waals surface area contributed by atoms with Crippen molar-refractivity contribution in [3.8, 4) is 0 Å². The molecule has 0 saturated heterocycles. The zero-order valence-electron chi connectivity index (χ0n) is 10.6. The number of nitrogens with one attached hydrogen (secondary N) is 2. The fraction of sp³-hybridized carbons (Fsp3) is 0.286. The topological polar surface area (TPSA) is 82.2 Å². The summed E-state index contributed by atoms with van der Waals surface area (Å²) < 4.78 is 0. The molecule has 100 valence electrons. The Morgan fingerprint density at radius 3 is 2.89 bits per heavy atom. The molecule has 5 nitrogen and oxygen atoms in total. The molecule has 0 bridgehead atoms. The number of hydrogen-bond donors (Lipinski definition) is 3. The predicted molar refractivity (Wildman–Crippen MR) is 73.2 cm³/mol. The summed E-state index contributed by atoms with van der Waals surface area (Å²) in [5, 5.41) is 13.2. The van der Waals surface area contributed by atoms with Crippen molar-refractivity contribution in [1.82, 2.24) is 10.3 Å². The van der Waals surface area contributed by atoms with Gasteiger partial charge >= 0.3 is 0 Å². The summed E-state index contributed by atoms with van der Waals surface area (Å²) in [7, 11) is 0. The van der Waals surface area contributed by atoms with E-state index < -0.39 is 12.0 Å². The summed E-state index contributed by atoms with van der Waals surface area (Å²) in [6.07, 6.45) is -0.00902. The lowest BCUT2D eigenvalue weighted by Gasteiger charge is -2.09. The van der Waals surface area contributed by atoms with E-state index in [0.717, 1.165) is 0 Å². The summed E-state index contributed by atoms with van der Waals surface area (Å²) in [5.41, 5.74) is -0.0914. The maximum atomic E-state index is 11.9. The third kappa shape index (κ3) is 3.00. The molecular weight excluding hydrogens is 244 g/mol. The first-order valence-corrected chi connectivity index (χ1v) is 6.20. The van der Waals surface area contributed by atoms with Crippen LogP contribution >= 0.6 is 0 Å². The van der Waals surface area contributed by atoms with Crippen molar-refractivity contribution >= 4 is 16.7 Å². The molecule has 1 amide bonds. The average Bonchev–Trinajstić information content (AvgIpc) is 2.44. The number of aromatic nitrogens is 1. The molecule has 1 aromatic heterocycles. The van der Waals surface area contributed by atoms with Crippen LogP contribution in [0.2, 0.25) is 0 Å². The smallest absolute Gasteiger partial charge is 0.267 e. The largest absolute Gasteiger partial charge is 0.391 e. The van der Waals surface area contributed by atoms with E-state index in [1.165, 1.54) is 0 Å². The van der Waals surface area contributed by atoms with Gasteiger partial charge in [0.1, 0.15) is 5.69 Å². The number of pyridine rings is 1. The molecule has 0 spiro atoms. The van der Waals surface area contributed by atoms with E-state index in [1.807, 2.05) is 13.0 Å². The lowest BCUT2D eigenvalue weighted by atomic mass is 10.1. The van der Waals surface area contributed by atoms with Gasteiger partial charge in [-0.2, -0.15) is 0 Å². The quantitative estimate of drug-likeness (QED) is 0.768. The third-order valence-corrected chi connectivity index (χ3v) is 2.97. The second-order valence-corrected chi connectivity index (χ2v) is 4.37. The Balaban J connectivity index is 2.25. The minimum atomic E-state index is -0.573. The van der Waals surface area contributed by atoms with Crippen molar-refractivity contribution in [1.29, 1.82) is 0 Å². The van der Waals surface area contributed by atoms with Gasteiger partial charge in [0.2, 0.25) is 0 Å². The van der Waals surface area contributed by atoms with Gasteiger partial charge in [-0.1, -0.05) is 25.1 Å². The number of fused-ring (bicyclic) bond motifs is 1. The monoisotopic (exact) mass is 260 g/mol. The van der Waals surface area contributed by atoms with Gasteiger partial charge in [-0.25, -0.2) is 0 Å². The van der Waals surface area contributed by atoms with Crippen molar-refractivity contribution in [2.75, 3.05) is 6.54 Å². The normalized spacial score (nSPS) is 12.3. The number of aromatic amines is 1. The maximum Gasteiger partial charge on any atom is 0.267 e. The minimum Gasteiger partial charge on any atom is -0.391 e. The Morgan fingerprint density at radius 2 is 2.16 bits per heavy atom. The summed E-state index contributed by atoms with van der Waals surface area (Å²) >= 11 is 0. The average molecular weight is 260 g/mol. The van der Waals surface area contributed by atoms with Crippen LogP contribution in [0.25, 0.3) is 10.8 Å². The van der Waals surface area contributed by atoms with Crippen molar-refractivity contribution in [3.63, 3.8) is 0 Å². The Kier molecular flexibility index (Phi) is 3.97. The number of aliphatic hydroxyl groups excluding tert-OH is 1. The summed E-state index contributed by atoms with van der Waals surface area (Å²) in [6.45, 7) is 2.00. The first kappa shape index (κ1) is 13.3. The molecule has 2 rings (SSSR count). The van der Waals surface area contributed by atoms with E-state index in [-0.39, 0.29) is 17.8 Å². The fourth-order valence-corrected chi connectivity index (χ4v) is 1.78. The van der Waals surface area contributed by atoms with Gasteiger partial charge in [0.25, 0.3) is 11.5 Å². The number of hydrogen-bond acceptors (Lipinski definition) is 3. The van der Waals surface area contributed by atoms with Crippen molar-refractivity contribution in [2.45, 2.75) is 19.4 Å². The second-order valence-electron chi connectivity index (χ2n) is 4.37. The molecule has 5 heteroatoms. The number of aliphatic hydroxyl groups is 1. The van der Waals surface area contributed by atoms with Crippen molar-refractivity contribution < 1.29 is 9.90 Å². The molecule has 0 aliphatic carbocycles. The number of rotatable bonds is 4. The summed E-state index contributed by atoms with van der Waals surface area (Å²) in [4.78, 5) is 26.2. The Hall–Kier alpha value is -2.14. The van der Waals surface area contributed by atoms with Crippen LogP contribution in [0.15, 0.2) is 35.1 Å². The number of H-pyrrole nitrogens is 1. The highest BCUT2D eigenvalue weighted by Crippen LogP contribution is 2.09. The molecule has 3 N–H and O–H groups in total. The van der Waals surface area contributed by atoms with Crippen LogP contribution in [0.1, 0.15) is 23.8 Å². The molecule has 0 fully saturated rings. The molecule has 0 radical (unpaired) electrons. The first-order chi connectivity index (χ1) is 9.11. The molecule has 19 heavy (non-hydrogen) atoms. The molecule has 1 heterocycles. The minimum absolute atomic E-state index is 0.171. The lowest BCUT2D eigenvalue weighted by Crippen LogP contribution is -2.33. The Bertz CT molecular complexity index is 648. The predicted octanol–water partition coefficient (Wildman–Crippen LogP) is 1.03. The molecular formula is C14H16N2O3. The molecule has 1 unspecified atom stereocenters. The first-order valence-electron chi connectivity index (χ1n) is 6.20. The zero-order chi connectivity index (χ0) is 13.8. The van der Waals surface area contributed by atoms with E-state index in [0.29, 0.717) is 17.2 Å². The third-order valence-electron chi connectivity index (χ3n) is 2.97. The Labute approximate surface area is 110 Å². The van der Waals surface area contributed by atoms with Crippen LogP contribution < -0.4 is 10.9 Å². The fourth-order valence-electron chi connectivity index (χ4n) is 1.78. The van der Waals surface area contributed by atoms with Crippen LogP contribution in [0.4, 0.5) is 0 Å². The van der Waals surface area contributed by atoms with Gasteiger partial charge < -0.3 is 15.4 Å². The molecule has 0 aliphatic heterocycles. The Morgan fingerprint density at radius 1 is 1.42 bits per heavy atom. The van der Waals surface area contributed by atoms with Crippen LogP contribution in [0.5, 0.6) is 0 Å². The van der Waals surface area contributed by atoms with Gasteiger partial charge in [0.15, 0.2) is 0 Å². The SMILES string of the molecule is CCC(O)CNC(=O)c1cc2ccccc2c(=O)[nH]1. The van der Waals surface area contributed by atoms with Gasteiger partial charge in [-0.15, -0.1) is 0 Å². The molecule has 1 aromatic carbocycles. The van der Waals surface area contributed by atoms with E-state index in [9.17, 15) is 14.7 Å². The number of amides is 1. The van der Waals surface area contributed by atoms with Crippen LogP contribution in [0.3, 0.4) is 0 Å². The van der Waals surface area contributed by atoms with E-state index in [2.05, 4.69) is 10.3 Å². The maximum absolute atomic E-state index is 11.9. The molecule has 0 saturated carbocycles. The number of benzene rings is 1. The summed E-state index contributed by atoms with van der Waals surface area (Å²) in [6, 6.07) is 8.70. The van der Waals surface area contributed by atoms with E-state index in [4.69, 9.17) is 0 Å². The second kappa shape index (κ2) is 5.67. The van der Waals surface area contributed by atoms with Crippen LogP contribution in [0, 0.1) is 0 Å². The number of carbonyl (C=O) groups is 1. The van der Waals surface area contributed by atoms with Crippen LogP contribution in [-0.4, -0.2) is 28.6 Å². The van der Waals surface area contributed by atoms with Gasteiger partial charge in [-0.3, -0.25) is 9.59 Å². The van der Waals surface area contributed by atoms with Crippen molar-refractivity contribution in [3.05, 3.63) is 46.4 Å². The lowest BCUT2D eigenvalue weighted by molar-refractivity contribution is 0.0909. The highest BCUT2D eigenvalue weighted by Gasteiger charge is 2.10. The van der Waals surface area contributed by atoms with Gasteiger partial charge in [-0.05, 0) is 23.9 Å². The van der Waals surface area contributed by atoms with Crippen LogP contribution in [-0.2, 0) is 0 Å². The molecule has 0 aliphatic rings. The highest BCUT2D eigenvalue weighted by molar-refractivity contribution is 5.96. The summed E-state index contributed by atoms with van der Waals surface area (Å²) in [5.74, 6) is -0.393. The van der Waals surface area contributed by atoms with Gasteiger partial charge in [0.05, 0.1) is 6.10 Å². The van der Waals surface area contributed by atoms with Crippen molar-refractivity contribution in [2.24, 2.45) is 0 Å².